The van der Waals surface area contributed by atoms with Crippen LogP contribution in [0.1, 0.15) is 77.0 Å². The van der Waals surface area contributed by atoms with Crippen LogP contribution in [0.15, 0.2) is 0 Å². The van der Waals surface area contributed by atoms with E-state index in [1.165, 1.54) is 38.5 Å². The van der Waals surface area contributed by atoms with E-state index in [4.69, 9.17) is 11.6 Å². The molecule has 1 aliphatic heterocycles. The van der Waals surface area contributed by atoms with Gasteiger partial charge in [0.15, 0.2) is 0 Å². The van der Waals surface area contributed by atoms with Crippen LogP contribution in [0.3, 0.4) is 0 Å². The standard InChI is InChI=1S/C25H39ClN2O2/c26-20-8-7-19-13-22(25(30)18-5-6-18)24(21(19)14-20)27-23(29)15-28-11-9-17(10-12-28)16-3-1-2-4-16/h16-22,24H,1-15H2,(H,27,29). The van der Waals surface area contributed by atoms with E-state index >= 15 is 0 Å². The first kappa shape index (κ1) is 21.2. The van der Waals surface area contributed by atoms with Gasteiger partial charge in [-0.1, -0.05) is 25.7 Å². The molecule has 168 valence electrons. The highest BCUT2D eigenvalue weighted by molar-refractivity contribution is 6.20. The number of hydrogen-bond acceptors (Lipinski definition) is 3. The molecule has 0 aromatic rings. The molecule has 4 nitrogen and oxygen atoms in total. The third-order valence-corrected chi connectivity index (χ3v) is 9.57. The molecule has 0 spiro atoms. The summed E-state index contributed by atoms with van der Waals surface area (Å²) in [7, 11) is 0. The van der Waals surface area contributed by atoms with Gasteiger partial charge in [-0.2, -0.15) is 0 Å². The molecule has 0 aromatic carbocycles. The Labute approximate surface area is 186 Å². The number of nitrogens with one attached hydrogen (secondary N) is 1. The number of fused-ring (bicyclic) bond motifs is 1. The fourth-order valence-electron chi connectivity index (χ4n) is 7.34. The van der Waals surface area contributed by atoms with E-state index in [1.54, 1.807) is 0 Å². The van der Waals surface area contributed by atoms with E-state index in [9.17, 15) is 9.59 Å². The minimum atomic E-state index is 0.0215. The first-order chi connectivity index (χ1) is 14.6. The quantitative estimate of drug-likeness (QED) is 0.630. The maximum absolute atomic E-state index is 13.0. The SMILES string of the molecule is O=C(CN1CCC(C2CCCC2)CC1)NC1C(C(=O)C2CC2)CC2CCC(Cl)CC21. The zero-order valence-electron chi connectivity index (χ0n) is 18.4. The summed E-state index contributed by atoms with van der Waals surface area (Å²) in [6, 6.07) is 0.0215. The highest BCUT2D eigenvalue weighted by Gasteiger charge is 2.51. The van der Waals surface area contributed by atoms with Crippen LogP contribution >= 0.6 is 11.6 Å². The third kappa shape index (κ3) is 4.60. The van der Waals surface area contributed by atoms with Crippen molar-refractivity contribution in [3.8, 4) is 0 Å². The van der Waals surface area contributed by atoms with Crippen LogP contribution in [0.4, 0.5) is 0 Å². The van der Waals surface area contributed by atoms with Gasteiger partial charge in [-0.3, -0.25) is 14.5 Å². The number of amides is 1. The number of rotatable bonds is 6. The van der Waals surface area contributed by atoms with Gasteiger partial charge in [0.05, 0.1) is 6.54 Å². The second-order valence-electron chi connectivity index (χ2n) is 11.1. The molecule has 1 saturated heterocycles. The van der Waals surface area contributed by atoms with E-state index in [0.29, 0.717) is 24.2 Å². The van der Waals surface area contributed by atoms with Crippen molar-refractivity contribution in [2.45, 2.75) is 88.5 Å². The summed E-state index contributed by atoms with van der Waals surface area (Å²) in [5.41, 5.74) is 0. The molecule has 5 atom stereocenters. The van der Waals surface area contributed by atoms with Crippen molar-refractivity contribution in [2.75, 3.05) is 19.6 Å². The average Bonchev–Trinajstić information content (AvgIpc) is 3.34. The number of halogens is 1. The van der Waals surface area contributed by atoms with Crippen LogP contribution in [0.25, 0.3) is 0 Å². The second kappa shape index (κ2) is 9.10. The Hall–Kier alpha value is -0.610. The lowest BCUT2D eigenvalue weighted by atomic mass is 9.80. The molecule has 0 bridgehead atoms. The normalized spacial score (nSPS) is 38.5. The van der Waals surface area contributed by atoms with Crippen molar-refractivity contribution < 1.29 is 9.59 Å². The van der Waals surface area contributed by atoms with Crippen molar-refractivity contribution in [3.05, 3.63) is 0 Å². The summed E-state index contributed by atoms with van der Waals surface area (Å²) in [5, 5.41) is 3.57. The van der Waals surface area contributed by atoms with Gasteiger partial charge in [-0.05, 0) is 88.1 Å². The maximum Gasteiger partial charge on any atom is 0.234 e. The van der Waals surface area contributed by atoms with Crippen molar-refractivity contribution in [2.24, 2.45) is 35.5 Å². The summed E-state index contributed by atoms with van der Waals surface area (Å²) in [6.07, 6.45) is 14.4. The molecule has 4 aliphatic carbocycles. The van der Waals surface area contributed by atoms with Crippen LogP contribution in [0.2, 0.25) is 0 Å². The highest BCUT2D eigenvalue weighted by atomic mass is 35.5. The first-order valence-corrected chi connectivity index (χ1v) is 13.2. The molecule has 5 aliphatic rings. The van der Waals surface area contributed by atoms with E-state index in [0.717, 1.165) is 63.5 Å². The number of carbonyl (C=O) groups excluding carboxylic acids is 2. The van der Waals surface area contributed by atoms with E-state index in [2.05, 4.69) is 10.2 Å². The molecule has 0 radical (unpaired) electrons. The van der Waals surface area contributed by atoms with Gasteiger partial charge in [0, 0.05) is 23.3 Å². The fraction of sp³-hybridized carbons (Fsp3) is 0.920. The molecule has 0 aromatic heterocycles. The van der Waals surface area contributed by atoms with E-state index in [1.807, 2.05) is 0 Å². The summed E-state index contributed by atoms with van der Waals surface area (Å²) >= 11 is 6.50. The number of alkyl halides is 1. The molecule has 5 heteroatoms. The number of likely N-dealkylation sites (tertiary alicyclic amines) is 1. The van der Waals surface area contributed by atoms with Gasteiger partial charge >= 0.3 is 0 Å². The molecule has 5 fully saturated rings. The van der Waals surface area contributed by atoms with Gasteiger partial charge in [-0.25, -0.2) is 0 Å². The van der Waals surface area contributed by atoms with Crippen LogP contribution in [-0.4, -0.2) is 47.6 Å². The van der Waals surface area contributed by atoms with Gasteiger partial charge < -0.3 is 5.32 Å². The molecule has 5 unspecified atom stereocenters. The Morgan fingerprint density at radius 3 is 2.23 bits per heavy atom. The number of hydrogen-bond donors (Lipinski definition) is 1. The zero-order valence-corrected chi connectivity index (χ0v) is 19.1. The lowest BCUT2D eigenvalue weighted by Crippen LogP contribution is -2.50. The second-order valence-corrected chi connectivity index (χ2v) is 11.7. The van der Waals surface area contributed by atoms with E-state index < -0.39 is 0 Å². The van der Waals surface area contributed by atoms with Crippen LogP contribution < -0.4 is 5.32 Å². The van der Waals surface area contributed by atoms with Crippen LogP contribution in [-0.2, 0) is 9.59 Å². The molecule has 1 N–H and O–H groups in total. The lowest BCUT2D eigenvalue weighted by Gasteiger charge is -2.36. The Kier molecular flexibility index (Phi) is 6.44. The molecule has 4 saturated carbocycles. The summed E-state index contributed by atoms with van der Waals surface area (Å²) < 4.78 is 0. The Morgan fingerprint density at radius 2 is 1.53 bits per heavy atom. The Morgan fingerprint density at radius 1 is 0.833 bits per heavy atom. The highest BCUT2D eigenvalue weighted by Crippen LogP contribution is 2.49. The van der Waals surface area contributed by atoms with Crippen molar-refractivity contribution in [1.82, 2.24) is 10.2 Å². The van der Waals surface area contributed by atoms with Crippen LogP contribution in [0, 0.1) is 35.5 Å². The van der Waals surface area contributed by atoms with Gasteiger partial charge in [0.25, 0.3) is 0 Å². The summed E-state index contributed by atoms with van der Waals surface area (Å²) in [6.45, 7) is 2.61. The topological polar surface area (TPSA) is 49.4 Å². The molecule has 30 heavy (non-hydrogen) atoms. The van der Waals surface area contributed by atoms with Gasteiger partial charge in [-0.15, -0.1) is 11.6 Å². The average molecular weight is 435 g/mol. The smallest absolute Gasteiger partial charge is 0.234 e. The third-order valence-electron chi connectivity index (χ3n) is 9.17. The minimum absolute atomic E-state index is 0.0215. The largest absolute Gasteiger partial charge is 0.351 e. The molecule has 5 rings (SSSR count). The Bertz CT molecular complexity index is 637. The molecular formula is C25H39ClN2O2. The first-order valence-electron chi connectivity index (χ1n) is 12.8. The zero-order chi connectivity index (χ0) is 20.7. The van der Waals surface area contributed by atoms with Crippen LogP contribution in [0.5, 0.6) is 0 Å². The number of Topliss-reactive ketones (excluding diaryl/α,β-unsaturated/α-hetero) is 1. The predicted octanol–water partition coefficient (Wildman–Crippen LogP) is 4.40. The number of ketones is 1. The van der Waals surface area contributed by atoms with Gasteiger partial charge in [0.2, 0.25) is 5.91 Å². The number of nitrogens with zero attached hydrogens (tertiary/aromatic N) is 1. The molecular weight excluding hydrogens is 396 g/mol. The van der Waals surface area contributed by atoms with Crippen molar-refractivity contribution >= 4 is 23.3 Å². The van der Waals surface area contributed by atoms with Gasteiger partial charge in [0.1, 0.15) is 5.78 Å². The minimum Gasteiger partial charge on any atom is -0.351 e. The molecule has 1 heterocycles. The summed E-state index contributed by atoms with van der Waals surface area (Å²) in [5.74, 6) is 3.66. The lowest BCUT2D eigenvalue weighted by molar-refractivity contribution is -0.127. The van der Waals surface area contributed by atoms with Crippen molar-refractivity contribution in [3.63, 3.8) is 0 Å². The number of carbonyl (C=O) groups is 2. The van der Waals surface area contributed by atoms with E-state index in [-0.39, 0.29) is 29.2 Å². The summed E-state index contributed by atoms with van der Waals surface area (Å²) in [4.78, 5) is 28.3. The fourth-order valence-corrected chi connectivity index (χ4v) is 7.67. The predicted molar refractivity (Wildman–Crippen MR) is 119 cm³/mol. The van der Waals surface area contributed by atoms with Crippen molar-refractivity contribution in [1.29, 1.82) is 0 Å². The maximum atomic E-state index is 13.0. The Balaban J connectivity index is 1.16. The number of piperidine rings is 1. The monoisotopic (exact) mass is 434 g/mol. The molecule has 1 amide bonds.